The number of ketones is 1. The molecule has 0 aromatic heterocycles. The summed E-state index contributed by atoms with van der Waals surface area (Å²) in [6, 6.07) is 26.4. The second-order valence-electron chi connectivity index (χ2n) is 15.3. The summed E-state index contributed by atoms with van der Waals surface area (Å²) in [4.78, 5) is 70.6. The smallest absolute Gasteiger partial charge is 0.373 e. The van der Waals surface area contributed by atoms with Crippen LogP contribution in [0.2, 0.25) is 0 Å². The second kappa shape index (κ2) is 15.6. The largest absolute Gasteiger partial charge is 0.378 e. The predicted molar refractivity (Wildman–Crippen MR) is 199 cm³/mol. The number of ether oxygens (including phenoxy) is 1. The molecule has 3 aromatic carbocycles. The van der Waals surface area contributed by atoms with Crippen molar-refractivity contribution in [1.29, 1.82) is 0 Å². The van der Waals surface area contributed by atoms with Crippen LogP contribution in [0.5, 0.6) is 0 Å². The first kappa shape index (κ1) is 38.6. The van der Waals surface area contributed by atoms with Gasteiger partial charge in [0.25, 0.3) is 0 Å². The van der Waals surface area contributed by atoms with Gasteiger partial charge in [-0.05, 0) is 91.4 Å². The highest BCUT2D eigenvalue weighted by molar-refractivity contribution is 6.13. The lowest BCUT2D eigenvalue weighted by Gasteiger charge is -2.55. The minimum Gasteiger partial charge on any atom is -0.378 e. The molecule has 1 fully saturated rings. The molecule has 2 aliphatic rings. The number of carbonyl (C=O) groups excluding carboxylic acids is 3. The van der Waals surface area contributed by atoms with E-state index in [4.69, 9.17) is 24.3 Å². The number of hydrogen-bond donors (Lipinski definition) is 0. The van der Waals surface area contributed by atoms with Crippen LogP contribution in [0.1, 0.15) is 63.0 Å². The topological polar surface area (TPSA) is 104 Å². The third-order valence-electron chi connectivity index (χ3n) is 9.15. The van der Waals surface area contributed by atoms with Crippen molar-refractivity contribution >= 4 is 23.4 Å². The van der Waals surface area contributed by atoms with Crippen molar-refractivity contribution in [2.45, 2.75) is 70.1 Å². The molecule has 1 heterocycles. The number of nitrogens with zero attached hydrogens (tertiary/aromatic N) is 2. The highest BCUT2D eigenvalue weighted by Gasteiger charge is 2.64. The lowest BCUT2D eigenvalue weighted by atomic mass is 9.53. The first-order valence-corrected chi connectivity index (χ1v) is 17.6. The normalized spacial score (nSPS) is 20.9. The maximum absolute atomic E-state index is 15.6. The highest BCUT2D eigenvalue weighted by atomic mass is 17.2. The summed E-state index contributed by atoms with van der Waals surface area (Å²) in [7, 11) is 3.59. The molecule has 0 spiro atoms. The third kappa shape index (κ3) is 8.05. The van der Waals surface area contributed by atoms with E-state index in [2.05, 4.69) is 4.90 Å². The van der Waals surface area contributed by atoms with Gasteiger partial charge in [0.1, 0.15) is 11.2 Å². The van der Waals surface area contributed by atoms with Crippen LogP contribution >= 0.6 is 0 Å². The molecule has 10 nitrogen and oxygen atoms in total. The van der Waals surface area contributed by atoms with E-state index in [1.54, 1.807) is 86.0 Å². The molecule has 0 radical (unpaired) electrons. The molecule has 52 heavy (non-hydrogen) atoms. The van der Waals surface area contributed by atoms with Crippen LogP contribution < -0.4 is 4.90 Å². The van der Waals surface area contributed by atoms with E-state index in [-0.39, 0.29) is 23.4 Å². The van der Waals surface area contributed by atoms with Gasteiger partial charge in [-0.3, -0.25) is 19.5 Å². The Morgan fingerprint density at radius 2 is 1.29 bits per heavy atom. The Morgan fingerprint density at radius 1 is 0.750 bits per heavy atom. The Bertz CT molecular complexity index is 1780. The van der Waals surface area contributed by atoms with Crippen LogP contribution in [0.3, 0.4) is 0 Å². The lowest BCUT2D eigenvalue weighted by molar-refractivity contribution is -0.319. The average Bonchev–Trinajstić information content (AvgIpc) is 3.13. The van der Waals surface area contributed by atoms with Crippen molar-refractivity contribution in [3.05, 3.63) is 125 Å². The van der Waals surface area contributed by atoms with E-state index in [9.17, 15) is 9.59 Å². The summed E-state index contributed by atoms with van der Waals surface area (Å²) < 4.78 is 5.58. The molecule has 0 saturated carbocycles. The van der Waals surface area contributed by atoms with Crippen molar-refractivity contribution in [3.8, 4) is 0 Å². The lowest BCUT2D eigenvalue weighted by Crippen LogP contribution is -2.67. The van der Waals surface area contributed by atoms with Gasteiger partial charge in [0.15, 0.2) is 5.78 Å². The first-order chi connectivity index (χ1) is 24.6. The molecule has 1 saturated heterocycles. The molecular weight excluding hydrogens is 660 g/mol. The van der Waals surface area contributed by atoms with Crippen molar-refractivity contribution in [3.63, 3.8) is 0 Å². The van der Waals surface area contributed by atoms with Gasteiger partial charge in [-0.25, -0.2) is 9.59 Å². The molecule has 0 bridgehead atoms. The number of hydrogen-bond acceptors (Lipinski definition) is 10. The molecule has 2 atom stereocenters. The first-order valence-electron chi connectivity index (χ1n) is 17.6. The molecule has 276 valence electrons. The fraction of sp³-hybridized carbons (Fsp3) is 0.405. The quantitative estimate of drug-likeness (QED) is 0.123. The number of carbonyl (C=O) groups is 3. The van der Waals surface area contributed by atoms with E-state index < -0.39 is 34.1 Å². The van der Waals surface area contributed by atoms with Gasteiger partial charge in [0, 0.05) is 24.3 Å². The van der Waals surface area contributed by atoms with Crippen LogP contribution in [-0.4, -0.2) is 79.8 Å². The standard InChI is InChI=1S/C42H50N2O8/c1-39(2,3)51-49-37(46)34-23-24-41(36(45)31-17-13-10-14-18-31,32-19-21-33(22-20-32)44-25-27-48-28-26-44)42(43(7)8,29-30-15-11-9-12-16-30)35(34)38(47)50-52-40(4,5)6/h9-24H,25-29H2,1-8H3. The van der Waals surface area contributed by atoms with Gasteiger partial charge >= 0.3 is 11.9 Å². The van der Waals surface area contributed by atoms with Gasteiger partial charge in [-0.15, -0.1) is 0 Å². The third-order valence-corrected chi connectivity index (χ3v) is 9.15. The number of benzene rings is 3. The molecule has 3 aromatic rings. The highest BCUT2D eigenvalue weighted by Crippen LogP contribution is 2.53. The summed E-state index contributed by atoms with van der Waals surface area (Å²) in [6.45, 7) is 13.1. The van der Waals surface area contributed by atoms with Gasteiger partial charge in [-0.1, -0.05) is 78.9 Å². The Balaban J connectivity index is 1.86. The number of morpholine rings is 1. The molecule has 10 heteroatoms. The van der Waals surface area contributed by atoms with Crippen LogP contribution in [-0.2, 0) is 45.7 Å². The zero-order chi connectivity index (χ0) is 37.7. The molecule has 1 aliphatic carbocycles. The molecule has 1 aliphatic heterocycles. The molecular formula is C42H50N2O8. The SMILES string of the molecule is CN(C)C1(Cc2ccccc2)C(C(=O)OOC(C)(C)C)=C(C(=O)OOC(C)(C)C)C=CC1(C(=O)c1ccccc1)c1ccc(N2CCOCC2)cc1. The maximum Gasteiger partial charge on any atom is 0.373 e. The van der Waals surface area contributed by atoms with Gasteiger partial charge in [0.2, 0.25) is 0 Å². The van der Waals surface area contributed by atoms with Crippen molar-refractivity contribution in [1.82, 2.24) is 4.90 Å². The minimum atomic E-state index is -1.61. The van der Waals surface area contributed by atoms with Crippen LogP contribution in [0.15, 0.2) is 108 Å². The molecule has 0 amide bonds. The number of anilines is 1. The average molecular weight is 711 g/mol. The zero-order valence-electron chi connectivity index (χ0n) is 31.4. The van der Waals surface area contributed by atoms with Crippen molar-refractivity contribution in [2.24, 2.45) is 0 Å². The van der Waals surface area contributed by atoms with Crippen molar-refractivity contribution in [2.75, 3.05) is 45.3 Å². The van der Waals surface area contributed by atoms with E-state index >= 15 is 4.79 Å². The van der Waals surface area contributed by atoms with E-state index in [1.807, 2.05) is 65.6 Å². The monoisotopic (exact) mass is 710 g/mol. The summed E-state index contributed by atoms with van der Waals surface area (Å²) in [5.41, 5.74) is -2.37. The van der Waals surface area contributed by atoms with Gasteiger partial charge in [0.05, 0.1) is 35.3 Å². The van der Waals surface area contributed by atoms with Gasteiger partial charge in [-0.2, -0.15) is 9.78 Å². The van der Waals surface area contributed by atoms with E-state index in [1.165, 1.54) is 6.08 Å². The number of likely N-dealkylation sites (N-methyl/N-ethyl adjacent to an activating group) is 1. The van der Waals surface area contributed by atoms with Crippen LogP contribution in [0.25, 0.3) is 0 Å². The summed E-state index contributed by atoms with van der Waals surface area (Å²) in [5, 5.41) is 0. The summed E-state index contributed by atoms with van der Waals surface area (Å²) >= 11 is 0. The fourth-order valence-electron chi connectivity index (χ4n) is 6.87. The van der Waals surface area contributed by atoms with Crippen LogP contribution in [0, 0.1) is 0 Å². The minimum absolute atomic E-state index is 0.103. The van der Waals surface area contributed by atoms with Gasteiger partial charge < -0.3 is 9.64 Å². The molecule has 2 unspecified atom stereocenters. The van der Waals surface area contributed by atoms with E-state index in [0.717, 1.165) is 24.3 Å². The Morgan fingerprint density at radius 3 is 1.83 bits per heavy atom. The fourth-order valence-corrected chi connectivity index (χ4v) is 6.87. The Labute approximate surface area is 306 Å². The van der Waals surface area contributed by atoms with Crippen molar-refractivity contribution < 1.29 is 38.7 Å². The number of Topliss-reactive ketones (excluding diaryl/α,β-unsaturated/α-hetero) is 1. The predicted octanol–water partition coefficient (Wildman–Crippen LogP) is 6.60. The van der Waals surface area contributed by atoms with E-state index in [0.29, 0.717) is 24.3 Å². The summed E-state index contributed by atoms with van der Waals surface area (Å²) in [6.07, 6.45) is 3.31. The molecule has 5 rings (SSSR count). The zero-order valence-corrected chi connectivity index (χ0v) is 31.4. The van der Waals surface area contributed by atoms with Crippen LogP contribution in [0.4, 0.5) is 5.69 Å². The maximum atomic E-state index is 15.6. The second-order valence-corrected chi connectivity index (χ2v) is 15.3. The number of rotatable bonds is 11. The summed E-state index contributed by atoms with van der Waals surface area (Å²) in [5.74, 6) is -2.15. The molecule has 0 N–H and O–H groups in total. The Kier molecular flexibility index (Phi) is 11.6. The Hall–Kier alpha value is -4.61.